The highest BCUT2D eigenvalue weighted by molar-refractivity contribution is 5.76. The topological polar surface area (TPSA) is 333 Å². The largest absolute Gasteiger partial charge is 0.477 e. The number of carboxylic acid groups (broad SMARTS) is 1. The van der Waals surface area contributed by atoms with Gasteiger partial charge in [-0.1, -0.05) is 78.1 Å². The summed E-state index contributed by atoms with van der Waals surface area (Å²) in [7, 11) is 0. The fourth-order valence-corrected chi connectivity index (χ4v) is 6.84. The van der Waals surface area contributed by atoms with Crippen LogP contribution in [0.1, 0.15) is 119 Å². The van der Waals surface area contributed by atoms with Crippen molar-refractivity contribution in [2.75, 3.05) is 33.0 Å². The standard InChI is InChI=1S/C41H78N2O19/c1-7-8-9-10-11-12-13-14-15-16-17-24(2)22-57-39(37(54)43-28(6)49)60-32(21-46)26(4)59-38(31(52)20-45)61-33(25(3)47)23-58-41(40(55)56)18-29(50)34(42-27(5)48)36(62-41)35(53)30(51)19-44/h24-26,29-39,44-47,50-54H,7-23H2,1-6H3,(H,42,48)(H,43,49)(H,55,56)/t24?,25-,26+,29+,30-,31+,32?,33?,34?,35-,36?,37+,38?,39?,41-/m1/s1. The molecule has 0 aliphatic carbocycles. The molecule has 0 radical (unpaired) electrons. The van der Waals surface area contributed by atoms with Crippen molar-refractivity contribution in [3.05, 3.63) is 0 Å². The lowest BCUT2D eigenvalue weighted by Crippen LogP contribution is -2.68. The van der Waals surface area contributed by atoms with E-state index in [0.717, 1.165) is 32.6 Å². The molecule has 1 rings (SSSR count). The summed E-state index contributed by atoms with van der Waals surface area (Å²) in [6.07, 6.45) is -8.10. The summed E-state index contributed by atoms with van der Waals surface area (Å²) in [5, 5.41) is 108. The van der Waals surface area contributed by atoms with Gasteiger partial charge < -0.3 is 90.1 Å². The molecule has 366 valence electrons. The third kappa shape index (κ3) is 20.8. The monoisotopic (exact) mass is 903 g/mol. The third-order valence-corrected chi connectivity index (χ3v) is 10.6. The number of unbranched alkanes of at least 4 members (excludes halogenated alkanes) is 9. The quantitative estimate of drug-likeness (QED) is 0.0272. The van der Waals surface area contributed by atoms with Gasteiger partial charge in [0.1, 0.15) is 36.6 Å². The number of carbonyl (C=O) groups excluding carboxylic acids is 2. The smallest absolute Gasteiger partial charge is 0.364 e. The van der Waals surface area contributed by atoms with Crippen LogP contribution in [0.5, 0.6) is 0 Å². The molecule has 0 aromatic heterocycles. The molecular weight excluding hydrogens is 824 g/mol. The molecule has 1 fully saturated rings. The molecule has 7 unspecified atom stereocenters. The second-order valence-electron chi connectivity index (χ2n) is 16.3. The maximum atomic E-state index is 12.6. The van der Waals surface area contributed by atoms with Gasteiger partial charge in [0, 0.05) is 20.3 Å². The minimum Gasteiger partial charge on any atom is -0.477 e. The van der Waals surface area contributed by atoms with Crippen LogP contribution in [-0.2, 0) is 42.8 Å². The van der Waals surface area contributed by atoms with Crippen molar-refractivity contribution in [3.63, 3.8) is 0 Å². The molecule has 0 aromatic rings. The SMILES string of the molecule is CCCCCCCCCCCCC(C)COC(OC(CO)[C@H](C)OC(OC(CO[C@]1(C(=O)O)C[C@H](O)C(NC(C)=O)C([C@H](O)[C@H](O)CO)O1)[C@@H](C)O)[C@@H](O)CO)[C@H](O)NC(C)=O. The fourth-order valence-electron chi connectivity index (χ4n) is 6.84. The van der Waals surface area contributed by atoms with Crippen LogP contribution in [0.25, 0.3) is 0 Å². The summed E-state index contributed by atoms with van der Waals surface area (Å²) in [6.45, 7) is 5.59. The van der Waals surface area contributed by atoms with E-state index in [4.69, 9.17) is 28.4 Å². The van der Waals surface area contributed by atoms with E-state index >= 15 is 0 Å². The first kappa shape index (κ1) is 57.8. The van der Waals surface area contributed by atoms with Gasteiger partial charge in [0.25, 0.3) is 5.79 Å². The Bertz CT molecular complexity index is 1240. The van der Waals surface area contributed by atoms with E-state index in [1.165, 1.54) is 65.7 Å². The number of carbonyl (C=O) groups is 3. The number of aliphatic hydroxyl groups is 9. The number of aliphatic carboxylic acids is 1. The van der Waals surface area contributed by atoms with Gasteiger partial charge in [-0.15, -0.1) is 0 Å². The van der Waals surface area contributed by atoms with Crippen molar-refractivity contribution in [1.29, 1.82) is 0 Å². The molecule has 0 saturated carbocycles. The van der Waals surface area contributed by atoms with Gasteiger partial charge in [-0.2, -0.15) is 0 Å². The van der Waals surface area contributed by atoms with Crippen molar-refractivity contribution < 1.29 is 93.9 Å². The van der Waals surface area contributed by atoms with Crippen LogP contribution in [0.3, 0.4) is 0 Å². The van der Waals surface area contributed by atoms with E-state index < -0.39 is 136 Å². The van der Waals surface area contributed by atoms with Crippen LogP contribution in [0.4, 0.5) is 0 Å². The summed E-state index contributed by atoms with van der Waals surface area (Å²) in [4.78, 5) is 36.3. The second-order valence-corrected chi connectivity index (χ2v) is 16.3. The van der Waals surface area contributed by atoms with Crippen molar-refractivity contribution in [2.24, 2.45) is 5.92 Å². The molecule has 1 saturated heterocycles. The Morgan fingerprint density at radius 1 is 0.742 bits per heavy atom. The maximum absolute atomic E-state index is 12.6. The van der Waals surface area contributed by atoms with Gasteiger partial charge in [0.2, 0.25) is 18.1 Å². The first-order valence-electron chi connectivity index (χ1n) is 21.8. The van der Waals surface area contributed by atoms with Crippen molar-refractivity contribution in [2.45, 2.75) is 204 Å². The van der Waals surface area contributed by atoms with Gasteiger partial charge in [0.05, 0.1) is 57.4 Å². The highest BCUT2D eigenvalue weighted by Gasteiger charge is 2.56. The molecule has 1 aliphatic rings. The molecule has 1 aliphatic heterocycles. The normalized spacial score (nSPS) is 24.7. The predicted molar refractivity (Wildman–Crippen MR) is 220 cm³/mol. The zero-order chi connectivity index (χ0) is 47.0. The Labute approximate surface area is 365 Å². The summed E-state index contributed by atoms with van der Waals surface area (Å²) < 4.78 is 34.6. The predicted octanol–water partition coefficient (Wildman–Crippen LogP) is -0.875. The maximum Gasteiger partial charge on any atom is 0.364 e. The van der Waals surface area contributed by atoms with E-state index in [1.54, 1.807) is 0 Å². The molecule has 21 nitrogen and oxygen atoms in total. The number of amides is 2. The van der Waals surface area contributed by atoms with E-state index in [-0.39, 0.29) is 12.5 Å². The molecule has 12 N–H and O–H groups in total. The molecule has 21 heteroatoms. The Kier molecular flexibility index (Phi) is 28.8. The number of rotatable bonds is 35. The number of nitrogens with one attached hydrogen (secondary N) is 2. The molecule has 15 atom stereocenters. The Morgan fingerprint density at radius 2 is 1.31 bits per heavy atom. The first-order valence-corrected chi connectivity index (χ1v) is 21.8. The lowest BCUT2D eigenvalue weighted by molar-refractivity contribution is -0.327. The van der Waals surface area contributed by atoms with Crippen LogP contribution in [0, 0.1) is 5.92 Å². The number of hydrogen-bond acceptors (Lipinski definition) is 18. The van der Waals surface area contributed by atoms with Crippen LogP contribution < -0.4 is 10.6 Å². The average molecular weight is 903 g/mol. The van der Waals surface area contributed by atoms with Crippen LogP contribution in [0.2, 0.25) is 0 Å². The summed E-state index contributed by atoms with van der Waals surface area (Å²) in [6, 6.07) is -1.47. The van der Waals surface area contributed by atoms with Gasteiger partial charge in [-0.05, 0) is 26.2 Å². The van der Waals surface area contributed by atoms with Crippen molar-refractivity contribution >= 4 is 17.8 Å². The number of carboxylic acids is 1. The zero-order valence-electron chi connectivity index (χ0n) is 37.3. The third-order valence-electron chi connectivity index (χ3n) is 10.6. The highest BCUT2D eigenvalue weighted by Crippen LogP contribution is 2.34. The van der Waals surface area contributed by atoms with Gasteiger partial charge >= 0.3 is 5.97 Å². The summed E-state index contributed by atoms with van der Waals surface area (Å²) in [5.41, 5.74) is 0. The molecular formula is C41H78N2O19. The molecule has 62 heavy (non-hydrogen) atoms. The van der Waals surface area contributed by atoms with E-state index in [9.17, 15) is 65.4 Å². The van der Waals surface area contributed by atoms with Crippen LogP contribution >= 0.6 is 0 Å². The Hall–Kier alpha value is -2.19. The van der Waals surface area contributed by atoms with Crippen LogP contribution in [0.15, 0.2) is 0 Å². The average Bonchev–Trinajstić information content (AvgIpc) is 3.21. The van der Waals surface area contributed by atoms with Gasteiger partial charge in [-0.25, -0.2) is 4.79 Å². The van der Waals surface area contributed by atoms with Gasteiger partial charge in [0.15, 0.2) is 12.5 Å². The summed E-state index contributed by atoms with van der Waals surface area (Å²) >= 11 is 0. The lowest BCUT2D eigenvalue weighted by Gasteiger charge is -2.46. The minimum absolute atomic E-state index is 0.0438. The Balaban J connectivity index is 3.09. The molecule has 0 aromatic carbocycles. The summed E-state index contributed by atoms with van der Waals surface area (Å²) in [5.74, 6) is -5.88. The molecule has 0 bridgehead atoms. The number of aliphatic hydroxyl groups excluding tert-OH is 9. The van der Waals surface area contributed by atoms with E-state index in [0.29, 0.717) is 0 Å². The van der Waals surface area contributed by atoms with Crippen molar-refractivity contribution in [1.82, 2.24) is 10.6 Å². The Morgan fingerprint density at radius 3 is 1.81 bits per heavy atom. The van der Waals surface area contributed by atoms with Gasteiger partial charge in [-0.3, -0.25) is 9.59 Å². The zero-order valence-corrected chi connectivity index (χ0v) is 37.3. The molecule has 0 spiro atoms. The highest BCUT2D eigenvalue weighted by atomic mass is 16.8. The molecule has 1 heterocycles. The van der Waals surface area contributed by atoms with Crippen molar-refractivity contribution in [3.8, 4) is 0 Å². The van der Waals surface area contributed by atoms with E-state index in [1.807, 2.05) is 6.92 Å². The van der Waals surface area contributed by atoms with E-state index in [2.05, 4.69) is 17.6 Å². The molecule has 2 amide bonds. The number of hydrogen-bond donors (Lipinski definition) is 12. The van der Waals surface area contributed by atoms with Crippen LogP contribution in [-0.4, -0.2) is 187 Å². The fraction of sp³-hybridized carbons (Fsp3) is 0.927. The second kappa shape index (κ2) is 30.9. The minimum atomic E-state index is -2.80. The first-order chi connectivity index (χ1) is 29.3. The lowest BCUT2D eigenvalue weighted by atomic mass is 9.88. The number of ether oxygens (including phenoxy) is 6.